The molecular formula is C18H21ClF3N3O2. The van der Waals surface area contributed by atoms with E-state index < -0.39 is 23.6 Å². The largest absolute Gasteiger partial charge is 0.573 e. The molecule has 0 bridgehead atoms. The fourth-order valence-electron chi connectivity index (χ4n) is 2.95. The van der Waals surface area contributed by atoms with Crippen LogP contribution in [0.4, 0.5) is 13.2 Å². The second kappa shape index (κ2) is 8.31. The predicted octanol–water partition coefficient (Wildman–Crippen LogP) is 4.58. The van der Waals surface area contributed by atoms with Gasteiger partial charge in [0.1, 0.15) is 18.4 Å². The summed E-state index contributed by atoms with van der Waals surface area (Å²) < 4.78 is 42.5. The van der Waals surface area contributed by atoms with Crippen LogP contribution < -0.4 is 4.74 Å². The van der Waals surface area contributed by atoms with Crippen LogP contribution in [0.5, 0.6) is 5.75 Å². The van der Waals surface area contributed by atoms with E-state index in [0.717, 1.165) is 0 Å². The maximum absolute atomic E-state index is 12.4. The third-order valence-electron chi connectivity index (χ3n) is 4.23. The Morgan fingerprint density at radius 3 is 2.59 bits per heavy atom. The van der Waals surface area contributed by atoms with E-state index in [4.69, 9.17) is 11.6 Å². The topological polar surface area (TPSA) is 60.2 Å². The molecule has 1 aromatic heterocycles. The van der Waals surface area contributed by atoms with E-state index in [-0.39, 0.29) is 11.1 Å². The molecule has 0 spiro atoms. The molecule has 1 heterocycles. The summed E-state index contributed by atoms with van der Waals surface area (Å²) >= 11 is 5.91. The Hall–Kier alpha value is -2.06. The van der Waals surface area contributed by atoms with Gasteiger partial charge >= 0.3 is 6.36 Å². The Labute approximate surface area is 160 Å². The number of halogens is 4. The Balaban J connectivity index is 2.19. The van der Waals surface area contributed by atoms with Crippen molar-refractivity contribution in [3.8, 4) is 5.75 Å². The van der Waals surface area contributed by atoms with E-state index in [1.807, 2.05) is 13.8 Å². The van der Waals surface area contributed by atoms with Gasteiger partial charge < -0.3 is 9.84 Å². The number of allylic oxidation sites excluding steroid dienone is 1. The molecule has 0 aliphatic rings. The quantitative estimate of drug-likeness (QED) is 0.655. The first-order valence-corrected chi connectivity index (χ1v) is 8.58. The standard InChI is InChI=1S/C18H21ClF3N3O2/c1-4-5-14(25-11-23-10-24-25)16(26)17(2,3)9-12-6-7-15(13(19)8-12)27-18(20,21)22/h4,6-8,10-11,14,16,26H,1,5,9H2,2-3H3. The van der Waals surface area contributed by atoms with Gasteiger partial charge in [-0.25, -0.2) is 9.67 Å². The number of hydrogen-bond acceptors (Lipinski definition) is 4. The zero-order valence-corrected chi connectivity index (χ0v) is 15.7. The summed E-state index contributed by atoms with van der Waals surface area (Å²) in [6.07, 6.45) is -0.178. The van der Waals surface area contributed by atoms with Crippen molar-refractivity contribution in [2.24, 2.45) is 5.41 Å². The molecule has 27 heavy (non-hydrogen) atoms. The van der Waals surface area contributed by atoms with Gasteiger partial charge in [-0.05, 0) is 36.0 Å². The van der Waals surface area contributed by atoms with Crippen LogP contribution in [0.3, 0.4) is 0 Å². The van der Waals surface area contributed by atoms with Crippen LogP contribution in [-0.4, -0.2) is 32.3 Å². The maximum atomic E-state index is 12.4. The van der Waals surface area contributed by atoms with Crippen molar-refractivity contribution >= 4 is 11.6 Å². The SMILES string of the molecule is C=CCC(C(O)C(C)(C)Cc1ccc(OC(F)(F)F)c(Cl)c1)n1cncn1. The minimum absolute atomic E-state index is 0.144. The monoisotopic (exact) mass is 403 g/mol. The average molecular weight is 404 g/mol. The van der Waals surface area contributed by atoms with E-state index in [1.165, 1.54) is 30.9 Å². The Kier molecular flexibility index (Phi) is 6.54. The number of alkyl halides is 3. The van der Waals surface area contributed by atoms with Crippen molar-refractivity contribution in [1.29, 1.82) is 0 Å². The number of benzene rings is 1. The molecule has 2 aromatic rings. The van der Waals surface area contributed by atoms with Crippen LogP contribution in [0.2, 0.25) is 5.02 Å². The first-order chi connectivity index (χ1) is 12.5. The summed E-state index contributed by atoms with van der Waals surface area (Å²) in [6, 6.07) is 3.71. The minimum Gasteiger partial charge on any atom is -0.404 e. The van der Waals surface area contributed by atoms with Gasteiger partial charge in [0.15, 0.2) is 0 Å². The molecule has 0 amide bonds. The van der Waals surface area contributed by atoms with Gasteiger partial charge in [-0.3, -0.25) is 0 Å². The van der Waals surface area contributed by atoms with Crippen molar-refractivity contribution < 1.29 is 23.0 Å². The lowest BCUT2D eigenvalue weighted by Gasteiger charge is -2.36. The maximum Gasteiger partial charge on any atom is 0.573 e. The Bertz CT molecular complexity index is 764. The minimum atomic E-state index is -4.81. The van der Waals surface area contributed by atoms with Gasteiger partial charge in [-0.2, -0.15) is 5.10 Å². The molecule has 0 aliphatic carbocycles. The molecule has 0 aliphatic heterocycles. The zero-order chi connectivity index (χ0) is 20.2. The lowest BCUT2D eigenvalue weighted by molar-refractivity contribution is -0.274. The van der Waals surface area contributed by atoms with E-state index in [0.29, 0.717) is 18.4 Å². The predicted molar refractivity (Wildman–Crippen MR) is 95.5 cm³/mol. The van der Waals surface area contributed by atoms with Crippen LogP contribution >= 0.6 is 11.6 Å². The zero-order valence-electron chi connectivity index (χ0n) is 14.9. The van der Waals surface area contributed by atoms with Crippen molar-refractivity contribution in [2.45, 2.75) is 45.2 Å². The number of rotatable bonds is 8. The van der Waals surface area contributed by atoms with Crippen molar-refractivity contribution in [2.75, 3.05) is 0 Å². The average Bonchev–Trinajstić information content (AvgIpc) is 3.07. The molecule has 0 saturated carbocycles. The van der Waals surface area contributed by atoms with E-state index in [1.54, 1.807) is 10.8 Å². The molecule has 9 heteroatoms. The molecule has 0 radical (unpaired) electrons. The highest BCUT2D eigenvalue weighted by Gasteiger charge is 2.36. The first kappa shape index (κ1) is 21.2. The molecule has 2 rings (SSSR count). The fourth-order valence-corrected chi connectivity index (χ4v) is 3.20. The number of hydrogen-bond donors (Lipinski definition) is 1. The normalized spacial score (nSPS) is 14.6. The van der Waals surface area contributed by atoms with Gasteiger partial charge in [0, 0.05) is 0 Å². The summed E-state index contributed by atoms with van der Waals surface area (Å²) in [7, 11) is 0. The van der Waals surface area contributed by atoms with Gasteiger partial charge in [-0.1, -0.05) is 37.6 Å². The van der Waals surface area contributed by atoms with Gasteiger partial charge in [0.2, 0.25) is 0 Å². The van der Waals surface area contributed by atoms with Crippen LogP contribution in [0.25, 0.3) is 0 Å². The van der Waals surface area contributed by atoms with Crippen LogP contribution in [0.15, 0.2) is 43.5 Å². The van der Waals surface area contributed by atoms with Crippen LogP contribution in [0, 0.1) is 5.41 Å². The third kappa shape index (κ3) is 5.71. The second-order valence-corrected chi connectivity index (χ2v) is 7.30. The lowest BCUT2D eigenvalue weighted by atomic mass is 9.77. The van der Waals surface area contributed by atoms with E-state index >= 15 is 0 Å². The second-order valence-electron chi connectivity index (χ2n) is 6.89. The van der Waals surface area contributed by atoms with E-state index in [9.17, 15) is 18.3 Å². The highest BCUT2D eigenvalue weighted by atomic mass is 35.5. The van der Waals surface area contributed by atoms with Crippen molar-refractivity contribution in [3.63, 3.8) is 0 Å². The van der Waals surface area contributed by atoms with Gasteiger partial charge in [0.05, 0.1) is 17.2 Å². The van der Waals surface area contributed by atoms with Crippen molar-refractivity contribution in [3.05, 3.63) is 54.1 Å². The van der Waals surface area contributed by atoms with E-state index in [2.05, 4.69) is 21.4 Å². The molecule has 0 saturated heterocycles. The Morgan fingerprint density at radius 2 is 2.07 bits per heavy atom. The summed E-state index contributed by atoms with van der Waals surface area (Å²) in [4.78, 5) is 3.91. The summed E-state index contributed by atoms with van der Waals surface area (Å²) in [5.74, 6) is -0.460. The molecule has 1 N–H and O–H groups in total. The molecule has 1 aromatic carbocycles. The molecular weight excluding hydrogens is 383 g/mol. The fraction of sp³-hybridized carbons (Fsp3) is 0.444. The third-order valence-corrected chi connectivity index (χ3v) is 4.53. The van der Waals surface area contributed by atoms with Gasteiger partial charge in [0.25, 0.3) is 0 Å². The van der Waals surface area contributed by atoms with Gasteiger partial charge in [-0.15, -0.1) is 19.8 Å². The number of nitrogens with zero attached hydrogens (tertiary/aromatic N) is 3. The molecule has 2 unspecified atom stereocenters. The number of aromatic nitrogens is 3. The Morgan fingerprint density at radius 1 is 1.37 bits per heavy atom. The molecule has 0 fully saturated rings. The highest BCUT2D eigenvalue weighted by molar-refractivity contribution is 6.32. The summed E-state index contributed by atoms with van der Waals surface area (Å²) in [5, 5.41) is 14.9. The number of aliphatic hydroxyl groups is 1. The summed E-state index contributed by atoms with van der Waals surface area (Å²) in [6.45, 7) is 7.43. The van der Waals surface area contributed by atoms with Crippen molar-refractivity contribution in [1.82, 2.24) is 14.8 Å². The number of ether oxygens (including phenoxy) is 1. The molecule has 148 valence electrons. The molecule has 5 nitrogen and oxygen atoms in total. The van der Waals surface area contributed by atoms with Crippen LogP contribution in [-0.2, 0) is 6.42 Å². The molecule has 2 atom stereocenters. The first-order valence-electron chi connectivity index (χ1n) is 8.21. The highest BCUT2D eigenvalue weighted by Crippen LogP contribution is 2.36. The number of aliphatic hydroxyl groups excluding tert-OH is 1. The summed E-state index contributed by atoms with van der Waals surface area (Å²) in [5.41, 5.74) is 0.0459. The lowest BCUT2D eigenvalue weighted by Crippen LogP contribution is -2.39. The smallest absolute Gasteiger partial charge is 0.404 e. The van der Waals surface area contributed by atoms with Crippen LogP contribution in [0.1, 0.15) is 31.9 Å².